The Balaban J connectivity index is 1.86. The van der Waals surface area contributed by atoms with Gasteiger partial charge < -0.3 is 11.1 Å². The lowest BCUT2D eigenvalue weighted by Crippen LogP contribution is -2.28. The monoisotopic (exact) mass is 256 g/mol. The van der Waals surface area contributed by atoms with Crippen LogP contribution in [0.2, 0.25) is 5.02 Å². The highest BCUT2D eigenvalue weighted by atomic mass is 35.5. The summed E-state index contributed by atoms with van der Waals surface area (Å²) >= 11 is 7.87. The second-order valence-electron chi connectivity index (χ2n) is 4.19. The molecule has 2 rings (SSSR count). The van der Waals surface area contributed by atoms with E-state index in [1.54, 1.807) is 0 Å². The number of halogens is 1. The van der Waals surface area contributed by atoms with E-state index < -0.39 is 0 Å². The lowest BCUT2D eigenvalue weighted by Gasteiger charge is -2.22. The Bertz CT molecular complexity index is 351. The van der Waals surface area contributed by atoms with E-state index in [2.05, 4.69) is 5.32 Å². The average molecular weight is 257 g/mol. The van der Waals surface area contributed by atoms with E-state index in [1.165, 1.54) is 23.5 Å². The van der Waals surface area contributed by atoms with Gasteiger partial charge in [0.25, 0.3) is 0 Å². The van der Waals surface area contributed by atoms with Crippen LogP contribution in [0, 0.1) is 5.92 Å². The summed E-state index contributed by atoms with van der Waals surface area (Å²) in [6, 6.07) is 5.89. The Labute approximate surface area is 106 Å². The third-order valence-electron chi connectivity index (χ3n) is 2.92. The fraction of sp³-hybridized carbons (Fsp3) is 0.500. The minimum Gasteiger partial charge on any atom is -0.398 e. The van der Waals surface area contributed by atoms with Crippen LogP contribution in [0.25, 0.3) is 0 Å². The molecule has 1 saturated heterocycles. The first-order valence-corrected chi connectivity index (χ1v) is 7.00. The summed E-state index contributed by atoms with van der Waals surface area (Å²) in [6.45, 7) is 2.32. The number of benzene rings is 1. The number of nitrogens with one attached hydrogen (secondary N) is 1. The molecule has 1 fully saturated rings. The van der Waals surface area contributed by atoms with Gasteiger partial charge in [0.2, 0.25) is 0 Å². The van der Waals surface area contributed by atoms with Gasteiger partial charge >= 0.3 is 0 Å². The zero-order chi connectivity index (χ0) is 11.4. The number of nitrogen functional groups attached to an aromatic ring is 1. The molecule has 1 heterocycles. The number of hydrogen-bond donors (Lipinski definition) is 2. The number of anilines is 1. The van der Waals surface area contributed by atoms with Gasteiger partial charge in [0.15, 0.2) is 0 Å². The number of thioether (sulfide) groups is 1. The zero-order valence-electron chi connectivity index (χ0n) is 9.21. The van der Waals surface area contributed by atoms with Crippen molar-refractivity contribution < 1.29 is 0 Å². The van der Waals surface area contributed by atoms with Crippen molar-refractivity contribution in [1.29, 1.82) is 0 Å². The third-order valence-corrected chi connectivity index (χ3v) is 4.47. The Morgan fingerprint density at radius 1 is 1.38 bits per heavy atom. The fourth-order valence-electron chi connectivity index (χ4n) is 1.86. The quantitative estimate of drug-likeness (QED) is 0.645. The average Bonchev–Trinajstić information content (AvgIpc) is 2.32. The molecule has 1 aliphatic heterocycles. The molecule has 0 aromatic heterocycles. The molecule has 3 N–H and O–H groups in total. The van der Waals surface area contributed by atoms with Crippen molar-refractivity contribution in [1.82, 2.24) is 5.32 Å². The smallest absolute Gasteiger partial charge is 0.0646 e. The molecule has 0 bridgehead atoms. The maximum atomic E-state index is 5.99. The van der Waals surface area contributed by atoms with Crippen molar-refractivity contribution in [2.45, 2.75) is 17.7 Å². The van der Waals surface area contributed by atoms with E-state index in [1.807, 2.05) is 30.0 Å². The first kappa shape index (κ1) is 12.1. The van der Waals surface area contributed by atoms with Crippen LogP contribution < -0.4 is 11.1 Å². The van der Waals surface area contributed by atoms with Gasteiger partial charge in [-0.05, 0) is 50.0 Å². The second-order valence-corrected chi connectivity index (χ2v) is 5.69. The summed E-state index contributed by atoms with van der Waals surface area (Å²) < 4.78 is 0. The molecule has 1 aromatic rings. The van der Waals surface area contributed by atoms with Crippen LogP contribution in [0.5, 0.6) is 0 Å². The van der Waals surface area contributed by atoms with Crippen molar-refractivity contribution in [3.8, 4) is 0 Å². The molecule has 1 aliphatic rings. The molecular formula is C12H17ClN2S. The third kappa shape index (κ3) is 3.30. The van der Waals surface area contributed by atoms with Gasteiger partial charge in [-0.2, -0.15) is 0 Å². The first-order valence-electron chi connectivity index (χ1n) is 5.64. The summed E-state index contributed by atoms with van der Waals surface area (Å²) in [7, 11) is 0. The minimum atomic E-state index is 0.660. The molecule has 0 spiro atoms. The Hall–Kier alpha value is -0.380. The van der Waals surface area contributed by atoms with Gasteiger partial charge in [0.05, 0.1) is 10.7 Å². The molecular weight excluding hydrogens is 240 g/mol. The van der Waals surface area contributed by atoms with Crippen molar-refractivity contribution in [2.75, 3.05) is 24.6 Å². The molecule has 16 heavy (non-hydrogen) atoms. The van der Waals surface area contributed by atoms with Gasteiger partial charge in [0.1, 0.15) is 0 Å². The topological polar surface area (TPSA) is 38.0 Å². The summed E-state index contributed by atoms with van der Waals surface area (Å²) in [6.07, 6.45) is 2.57. The number of piperidine rings is 1. The van der Waals surface area contributed by atoms with Gasteiger partial charge in [0, 0.05) is 10.6 Å². The lowest BCUT2D eigenvalue weighted by molar-refractivity contribution is 0.408. The maximum absolute atomic E-state index is 5.99. The molecule has 0 amide bonds. The van der Waals surface area contributed by atoms with Crippen molar-refractivity contribution >= 4 is 29.1 Å². The van der Waals surface area contributed by atoms with Crippen LogP contribution in [-0.2, 0) is 0 Å². The molecule has 2 nitrogen and oxygen atoms in total. The first-order chi connectivity index (χ1) is 7.75. The minimum absolute atomic E-state index is 0.660. The van der Waals surface area contributed by atoms with Crippen LogP contribution in [0.3, 0.4) is 0 Å². The lowest BCUT2D eigenvalue weighted by atomic mass is 10.0. The fourth-order valence-corrected chi connectivity index (χ4v) is 3.23. The molecule has 0 saturated carbocycles. The molecule has 0 aliphatic carbocycles. The van der Waals surface area contributed by atoms with Crippen LogP contribution >= 0.6 is 23.4 Å². The Morgan fingerprint density at radius 2 is 2.12 bits per heavy atom. The highest BCUT2D eigenvalue weighted by molar-refractivity contribution is 7.99. The highest BCUT2D eigenvalue weighted by Gasteiger charge is 2.13. The van der Waals surface area contributed by atoms with Crippen LogP contribution in [-0.4, -0.2) is 18.8 Å². The van der Waals surface area contributed by atoms with E-state index in [0.717, 1.165) is 19.0 Å². The SMILES string of the molecule is Nc1ccc(SCC2CCNCC2)cc1Cl. The van der Waals surface area contributed by atoms with E-state index >= 15 is 0 Å². The van der Waals surface area contributed by atoms with Gasteiger partial charge in [-0.1, -0.05) is 11.6 Å². The van der Waals surface area contributed by atoms with Crippen LogP contribution in [0.15, 0.2) is 23.1 Å². The molecule has 0 unspecified atom stereocenters. The van der Waals surface area contributed by atoms with Crippen LogP contribution in [0.4, 0.5) is 5.69 Å². The number of hydrogen-bond acceptors (Lipinski definition) is 3. The van der Waals surface area contributed by atoms with Crippen molar-refractivity contribution in [3.63, 3.8) is 0 Å². The summed E-state index contributed by atoms with van der Waals surface area (Å²) in [4.78, 5) is 1.22. The molecule has 1 aromatic carbocycles. The Kier molecular flexibility index (Phi) is 4.38. The largest absolute Gasteiger partial charge is 0.398 e. The van der Waals surface area contributed by atoms with E-state index in [0.29, 0.717) is 10.7 Å². The molecule has 0 atom stereocenters. The van der Waals surface area contributed by atoms with Gasteiger partial charge in [-0.25, -0.2) is 0 Å². The van der Waals surface area contributed by atoms with E-state index in [-0.39, 0.29) is 0 Å². The van der Waals surface area contributed by atoms with Gasteiger partial charge in [-0.15, -0.1) is 11.8 Å². The van der Waals surface area contributed by atoms with Crippen LogP contribution in [0.1, 0.15) is 12.8 Å². The predicted octanol–water partition coefficient (Wildman–Crippen LogP) is 3.01. The molecule has 0 radical (unpaired) electrons. The summed E-state index contributed by atoms with van der Waals surface area (Å²) in [5.41, 5.74) is 6.34. The maximum Gasteiger partial charge on any atom is 0.0646 e. The predicted molar refractivity (Wildman–Crippen MR) is 72.2 cm³/mol. The summed E-state index contributed by atoms with van der Waals surface area (Å²) in [5.74, 6) is 2.02. The number of nitrogens with two attached hydrogens (primary N) is 1. The highest BCUT2D eigenvalue weighted by Crippen LogP contribution is 2.29. The molecule has 4 heteroatoms. The number of rotatable bonds is 3. The second kappa shape index (κ2) is 5.80. The standard InChI is InChI=1S/C12H17ClN2S/c13-11-7-10(1-2-12(11)14)16-8-9-3-5-15-6-4-9/h1-2,7,9,15H,3-6,8,14H2. The zero-order valence-corrected chi connectivity index (χ0v) is 10.8. The Morgan fingerprint density at radius 3 is 2.81 bits per heavy atom. The van der Waals surface area contributed by atoms with E-state index in [4.69, 9.17) is 17.3 Å². The van der Waals surface area contributed by atoms with Crippen molar-refractivity contribution in [2.24, 2.45) is 5.92 Å². The van der Waals surface area contributed by atoms with Gasteiger partial charge in [-0.3, -0.25) is 0 Å². The molecule has 88 valence electrons. The van der Waals surface area contributed by atoms with Crippen molar-refractivity contribution in [3.05, 3.63) is 23.2 Å². The van der Waals surface area contributed by atoms with E-state index in [9.17, 15) is 0 Å². The summed E-state index contributed by atoms with van der Waals surface area (Å²) in [5, 5.41) is 4.04. The normalized spacial score (nSPS) is 17.6.